The molecule has 0 aromatic heterocycles. The van der Waals surface area contributed by atoms with Crippen LogP contribution in [0.3, 0.4) is 0 Å². The minimum Gasteiger partial charge on any atom is -0.351 e. The maximum absolute atomic E-state index is 12.3. The van der Waals surface area contributed by atoms with Gasteiger partial charge in [-0.1, -0.05) is 29.8 Å². The lowest BCUT2D eigenvalue weighted by Gasteiger charge is -2.13. The summed E-state index contributed by atoms with van der Waals surface area (Å²) in [6, 6.07) is 14.0. The molecule has 2 aromatic rings. The number of halogens is 1. The van der Waals surface area contributed by atoms with Crippen molar-refractivity contribution in [1.29, 1.82) is 0 Å². The van der Waals surface area contributed by atoms with Crippen molar-refractivity contribution in [2.75, 3.05) is 26.4 Å². The van der Waals surface area contributed by atoms with Crippen LogP contribution in [0, 0.1) is 0 Å². The van der Waals surface area contributed by atoms with E-state index in [0.717, 1.165) is 9.20 Å². The predicted octanol–water partition coefficient (Wildman–Crippen LogP) is 3.11. The van der Waals surface area contributed by atoms with Gasteiger partial charge in [0.2, 0.25) is 10.0 Å². The number of rotatable bonds is 7. The molecule has 0 aliphatic rings. The molecule has 5 nitrogen and oxygen atoms in total. The van der Waals surface area contributed by atoms with E-state index in [1.165, 1.54) is 32.3 Å². The van der Waals surface area contributed by atoms with Crippen LogP contribution in [0.2, 0.25) is 5.02 Å². The zero-order chi connectivity index (χ0) is 18.4. The van der Waals surface area contributed by atoms with Gasteiger partial charge in [0, 0.05) is 31.3 Å². The van der Waals surface area contributed by atoms with Crippen molar-refractivity contribution in [1.82, 2.24) is 9.62 Å². The van der Waals surface area contributed by atoms with Crippen LogP contribution in [0.25, 0.3) is 0 Å². The Labute approximate surface area is 157 Å². The highest BCUT2D eigenvalue weighted by Crippen LogP contribution is 2.22. The molecule has 0 radical (unpaired) electrons. The van der Waals surface area contributed by atoms with E-state index in [0.29, 0.717) is 12.3 Å². The first-order valence-electron chi connectivity index (χ1n) is 7.50. The third-order valence-electron chi connectivity index (χ3n) is 3.36. The number of carbonyl (C=O) groups is 1. The Kier molecular flexibility index (Phi) is 6.89. The normalized spacial score (nSPS) is 11.5. The summed E-state index contributed by atoms with van der Waals surface area (Å²) in [5.74, 6) is 0.303. The molecule has 134 valence electrons. The van der Waals surface area contributed by atoms with Crippen LogP contribution >= 0.6 is 23.4 Å². The largest absolute Gasteiger partial charge is 0.351 e. The van der Waals surface area contributed by atoms with Crippen molar-refractivity contribution in [3.63, 3.8) is 0 Å². The summed E-state index contributed by atoms with van der Waals surface area (Å²) in [6.07, 6.45) is 0. The fourth-order valence-corrected chi connectivity index (χ4v) is 3.92. The van der Waals surface area contributed by atoms with Gasteiger partial charge in [-0.15, -0.1) is 11.8 Å². The Morgan fingerprint density at radius 1 is 1.16 bits per heavy atom. The van der Waals surface area contributed by atoms with E-state index < -0.39 is 15.9 Å². The van der Waals surface area contributed by atoms with E-state index in [1.54, 1.807) is 11.8 Å². The molecule has 0 saturated carbocycles. The molecule has 1 amide bonds. The van der Waals surface area contributed by atoms with Gasteiger partial charge in [0.1, 0.15) is 0 Å². The Hall–Kier alpha value is -1.54. The first kappa shape index (κ1) is 19.8. The van der Waals surface area contributed by atoms with E-state index in [2.05, 4.69) is 5.32 Å². The number of benzene rings is 2. The number of sulfonamides is 1. The van der Waals surface area contributed by atoms with Gasteiger partial charge in [0.15, 0.2) is 0 Å². The van der Waals surface area contributed by atoms with Crippen LogP contribution in [-0.2, 0) is 10.0 Å². The van der Waals surface area contributed by atoms with Gasteiger partial charge in [-0.25, -0.2) is 12.7 Å². The van der Waals surface area contributed by atoms with Crippen LogP contribution in [0.4, 0.5) is 0 Å². The second-order valence-corrected chi connectivity index (χ2v) is 9.07. The molecule has 8 heteroatoms. The Morgan fingerprint density at radius 2 is 1.84 bits per heavy atom. The lowest BCUT2D eigenvalue weighted by Crippen LogP contribution is -2.27. The van der Waals surface area contributed by atoms with E-state index in [-0.39, 0.29) is 15.5 Å². The van der Waals surface area contributed by atoms with Crippen molar-refractivity contribution < 1.29 is 13.2 Å². The van der Waals surface area contributed by atoms with Gasteiger partial charge in [0.25, 0.3) is 5.91 Å². The van der Waals surface area contributed by atoms with Crippen molar-refractivity contribution >= 4 is 39.3 Å². The number of nitrogens with one attached hydrogen (secondary N) is 1. The molecule has 0 atom stereocenters. The standard InChI is InChI=1S/C17H19ClN2O3S2/c1-20(2)25(22,23)14-8-9-16(18)15(12-14)17(21)19-10-11-24-13-6-4-3-5-7-13/h3-9,12H,10-11H2,1-2H3,(H,19,21). The summed E-state index contributed by atoms with van der Waals surface area (Å²) in [4.78, 5) is 13.5. The summed E-state index contributed by atoms with van der Waals surface area (Å²) in [5.41, 5.74) is 0.148. The van der Waals surface area contributed by atoms with Crippen LogP contribution in [0.1, 0.15) is 10.4 Å². The number of nitrogens with zero attached hydrogens (tertiary/aromatic N) is 1. The fourth-order valence-electron chi connectivity index (χ4n) is 2.00. The van der Waals surface area contributed by atoms with Crippen LogP contribution in [0.5, 0.6) is 0 Å². The molecular formula is C17H19ClN2O3S2. The summed E-state index contributed by atoms with van der Waals surface area (Å²) < 4.78 is 25.5. The van der Waals surface area contributed by atoms with E-state index in [4.69, 9.17) is 11.6 Å². The Bertz CT molecular complexity index is 840. The predicted molar refractivity (Wildman–Crippen MR) is 102 cm³/mol. The molecule has 2 rings (SSSR count). The van der Waals surface area contributed by atoms with Gasteiger partial charge in [-0.2, -0.15) is 0 Å². The minimum absolute atomic E-state index is 0.0331. The fraction of sp³-hybridized carbons (Fsp3) is 0.235. The highest BCUT2D eigenvalue weighted by molar-refractivity contribution is 7.99. The summed E-state index contributed by atoms with van der Waals surface area (Å²) in [5, 5.41) is 2.98. The highest BCUT2D eigenvalue weighted by Gasteiger charge is 2.20. The monoisotopic (exact) mass is 398 g/mol. The molecule has 0 spiro atoms. The third-order valence-corrected chi connectivity index (χ3v) is 6.52. The Balaban J connectivity index is 2.01. The topological polar surface area (TPSA) is 66.5 Å². The molecule has 0 aliphatic carbocycles. The number of hydrogen-bond acceptors (Lipinski definition) is 4. The lowest BCUT2D eigenvalue weighted by atomic mass is 10.2. The molecule has 0 fully saturated rings. The maximum Gasteiger partial charge on any atom is 0.252 e. The van der Waals surface area contributed by atoms with Crippen molar-refractivity contribution in [3.05, 3.63) is 59.1 Å². The van der Waals surface area contributed by atoms with Crippen molar-refractivity contribution in [2.24, 2.45) is 0 Å². The first-order chi connectivity index (χ1) is 11.8. The zero-order valence-electron chi connectivity index (χ0n) is 13.9. The third kappa shape index (κ3) is 5.22. The maximum atomic E-state index is 12.3. The molecule has 0 saturated heterocycles. The molecule has 0 bridgehead atoms. The number of hydrogen-bond donors (Lipinski definition) is 1. The van der Waals surface area contributed by atoms with E-state index in [9.17, 15) is 13.2 Å². The van der Waals surface area contributed by atoms with Gasteiger partial charge >= 0.3 is 0 Å². The van der Waals surface area contributed by atoms with Crippen molar-refractivity contribution in [3.8, 4) is 0 Å². The number of thioether (sulfide) groups is 1. The second kappa shape index (κ2) is 8.71. The molecule has 1 N–H and O–H groups in total. The number of carbonyl (C=O) groups excluding carboxylic acids is 1. The van der Waals surface area contributed by atoms with E-state index >= 15 is 0 Å². The lowest BCUT2D eigenvalue weighted by molar-refractivity contribution is 0.0956. The van der Waals surface area contributed by atoms with Gasteiger partial charge in [-0.05, 0) is 30.3 Å². The average Bonchev–Trinajstić information content (AvgIpc) is 2.59. The van der Waals surface area contributed by atoms with Crippen LogP contribution in [-0.4, -0.2) is 45.0 Å². The molecule has 0 aliphatic heterocycles. The van der Waals surface area contributed by atoms with Gasteiger partial charge < -0.3 is 5.32 Å². The van der Waals surface area contributed by atoms with E-state index in [1.807, 2.05) is 30.3 Å². The van der Waals surface area contributed by atoms with Gasteiger partial charge in [0.05, 0.1) is 15.5 Å². The summed E-state index contributed by atoms with van der Waals surface area (Å²) in [7, 11) is -0.750. The zero-order valence-corrected chi connectivity index (χ0v) is 16.3. The molecule has 0 unspecified atom stereocenters. The first-order valence-corrected chi connectivity index (χ1v) is 10.3. The average molecular weight is 399 g/mol. The molecule has 25 heavy (non-hydrogen) atoms. The summed E-state index contributed by atoms with van der Waals surface area (Å²) >= 11 is 7.68. The SMILES string of the molecule is CN(C)S(=O)(=O)c1ccc(Cl)c(C(=O)NCCSc2ccccc2)c1. The van der Waals surface area contributed by atoms with Crippen LogP contribution in [0.15, 0.2) is 58.3 Å². The molecule has 0 heterocycles. The smallest absolute Gasteiger partial charge is 0.252 e. The van der Waals surface area contributed by atoms with Gasteiger partial charge in [-0.3, -0.25) is 4.79 Å². The summed E-state index contributed by atoms with van der Waals surface area (Å²) in [6.45, 7) is 0.444. The second-order valence-electron chi connectivity index (χ2n) is 5.35. The quantitative estimate of drug-likeness (QED) is 0.574. The minimum atomic E-state index is -3.62. The molecule has 2 aromatic carbocycles. The number of amides is 1. The van der Waals surface area contributed by atoms with Crippen molar-refractivity contribution in [2.45, 2.75) is 9.79 Å². The van der Waals surface area contributed by atoms with Crippen LogP contribution < -0.4 is 5.32 Å². The highest BCUT2D eigenvalue weighted by atomic mass is 35.5. The Morgan fingerprint density at radius 3 is 2.48 bits per heavy atom. The molecular weight excluding hydrogens is 380 g/mol.